The monoisotopic (exact) mass is 186 g/mol. The molecule has 3 heteroatoms. The van der Waals surface area contributed by atoms with Crippen LogP contribution in [0, 0.1) is 0 Å². The van der Waals surface area contributed by atoms with Crippen LogP contribution in [0.25, 0.3) is 0 Å². The molecule has 0 rings (SSSR count). The van der Waals surface area contributed by atoms with Crippen LogP contribution >= 0.6 is 11.6 Å². The molecule has 0 saturated carbocycles. The Hall–Kier alpha value is 1.07. The number of alkyl halides is 1. The third-order valence-electron chi connectivity index (χ3n) is 0.0488. The van der Waals surface area contributed by atoms with Crippen LogP contribution in [0.2, 0.25) is 0 Å². The molecule has 0 aromatic heterocycles. The van der Waals surface area contributed by atoms with Gasteiger partial charge in [-0.3, -0.25) is 0 Å². The van der Waals surface area contributed by atoms with Crippen molar-refractivity contribution in [1.29, 1.82) is 0 Å². The van der Waals surface area contributed by atoms with Crippen molar-refractivity contribution >= 4 is 35.0 Å². The molecule has 2 radical (unpaired) electrons. The van der Waals surface area contributed by atoms with Gasteiger partial charge in [0.15, 0.2) is 0 Å². The molecule has 0 heterocycles. The normalized spacial score (nSPS) is 7.50. The van der Waals surface area contributed by atoms with Crippen LogP contribution in [0.3, 0.4) is 0 Å². The molecule has 0 atom stereocenters. The van der Waals surface area contributed by atoms with Gasteiger partial charge in [0, 0.05) is 0 Å². The fourth-order valence-corrected chi connectivity index (χ4v) is 0. The van der Waals surface area contributed by atoms with Crippen molar-refractivity contribution in [1.82, 2.24) is 0 Å². The molecular formula is CH2ClOSb. The summed E-state index contributed by atoms with van der Waals surface area (Å²) in [5.41, 5.74) is 0. The van der Waals surface area contributed by atoms with E-state index in [9.17, 15) is 0 Å². The predicted molar refractivity (Wildman–Crippen MR) is 17.6 cm³/mol. The zero-order valence-corrected chi connectivity index (χ0v) is 5.25. The van der Waals surface area contributed by atoms with Gasteiger partial charge in [0.1, 0.15) is 0 Å². The van der Waals surface area contributed by atoms with E-state index in [-0.39, 0.29) is 0 Å². The first-order chi connectivity index (χ1) is 1.91. The second-order valence-corrected chi connectivity index (χ2v) is 1.19. The van der Waals surface area contributed by atoms with Gasteiger partial charge in [0.2, 0.25) is 0 Å². The van der Waals surface area contributed by atoms with Crippen molar-refractivity contribution in [2.75, 3.05) is 6.07 Å². The third kappa shape index (κ3) is 3.07. The van der Waals surface area contributed by atoms with E-state index in [1.807, 2.05) is 0 Å². The third-order valence-corrected chi connectivity index (χ3v) is 0.982. The van der Waals surface area contributed by atoms with E-state index in [0.717, 1.165) is 0 Å². The SMILES string of the molecule is ClC[O][Sb]. The van der Waals surface area contributed by atoms with Gasteiger partial charge in [-0.15, -0.1) is 0 Å². The molecule has 0 saturated heterocycles. The molecule has 0 spiro atoms. The zero-order chi connectivity index (χ0) is 3.41. The van der Waals surface area contributed by atoms with Gasteiger partial charge in [-0.1, -0.05) is 0 Å². The molecule has 0 aliphatic carbocycles. The number of hydrogen-bond acceptors (Lipinski definition) is 1. The fraction of sp³-hybridized carbons (Fsp3) is 1.00. The molecule has 0 N–H and O–H groups in total. The van der Waals surface area contributed by atoms with Crippen molar-refractivity contribution in [2.24, 2.45) is 0 Å². The van der Waals surface area contributed by atoms with Crippen molar-refractivity contribution < 1.29 is 3.02 Å². The van der Waals surface area contributed by atoms with Gasteiger partial charge in [-0.25, -0.2) is 0 Å². The molecular weight excluding hydrogens is 185 g/mol. The van der Waals surface area contributed by atoms with E-state index in [0.29, 0.717) is 6.07 Å². The van der Waals surface area contributed by atoms with Gasteiger partial charge < -0.3 is 0 Å². The topological polar surface area (TPSA) is 9.23 Å². The molecule has 1 nitrogen and oxygen atoms in total. The van der Waals surface area contributed by atoms with E-state index in [4.69, 9.17) is 11.6 Å². The molecule has 0 bridgehead atoms. The van der Waals surface area contributed by atoms with Crippen LogP contribution in [-0.2, 0) is 3.02 Å². The second-order valence-electron chi connectivity index (χ2n) is 0.238. The molecule has 0 aromatic carbocycles. The Bertz CT molecular complexity index is 10.0. The Labute approximate surface area is 44.3 Å². The number of hydrogen-bond donors (Lipinski definition) is 0. The fourth-order valence-electron chi connectivity index (χ4n) is 0. The summed E-state index contributed by atoms with van der Waals surface area (Å²) in [5.74, 6) is 0. The maximum absolute atomic E-state index is 4.98. The van der Waals surface area contributed by atoms with E-state index in [1.54, 1.807) is 0 Å². The Balaban J connectivity index is 1.97. The first kappa shape index (κ1) is 5.07. The predicted octanol–water partition coefficient (Wildman–Crippen LogP) is 0.283. The molecule has 0 aromatic rings. The Kier molecular flexibility index (Phi) is 5.15. The second kappa shape index (κ2) is 4.07. The molecule has 0 aliphatic heterocycles. The summed E-state index contributed by atoms with van der Waals surface area (Å²) in [7, 11) is 0. The summed E-state index contributed by atoms with van der Waals surface area (Å²) in [6, 6.07) is 0.314. The Morgan fingerprint density at radius 3 is 2.25 bits per heavy atom. The van der Waals surface area contributed by atoms with E-state index >= 15 is 0 Å². The average Bonchev–Trinajstić information content (AvgIpc) is 1.37. The zero-order valence-electron chi connectivity index (χ0n) is 1.94. The van der Waals surface area contributed by atoms with Crippen molar-refractivity contribution in [3.63, 3.8) is 0 Å². The summed E-state index contributed by atoms with van der Waals surface area (Å²) < 4.78 is 4.36. The summed E-state index contributed by atoms with van der Waals surface area (Å²) >= 11 is 6.24. The van der Waals surface area contributed by atoms with Crippen LogP contribution in [0.1, 0.15) is 0 Å². The van der Waals surface area contributed by atoms with Gasteiger partial charge in [0.05, 0.1) is 0 Å². The Morgan fingerprint density at radius 2 is 2.25 bits per heavy atom. The first-order valence-corrected chi connectivity index (χ1v) is 2.32. The van der Waals surface area contributed by atoms with Crippen LogP contribution in [-0.4, -0.2) is 29.5 Å². The molecule has 0 amide bonds. The molecule has 0 aliphatic rings. The standard InChI is InChI=1S/CH2ClO.Sb/c2-1-3;/h1H2;/q-1;+1. The Morgan fingerprint density at radius 1 is 2.00 bits per heavy atom. The van der Waals surface area contributed by atoms with Crippen molar-refractivity contribution in [3.05, 3.63) is 0 Å². The summed E-state index contributed by atoms with van der Waals surface area (Å²) in [6.07, 6.45) is 0. The van der Waals surface area contributed by atoms with Crippen LogP contribution in [0.5, 0.6) is 0 Å². The average molecular weight is 187 g/mol. The van der Waals surface area contributed by atoms with Gasteiger partial charge in [-0.2, -0.15) is 0 Å². The van der Waals surface area contributed by atoms with Gasteiger partial charge in [0.25, 0.3) is 0 Å². The molecule has 0 unspecified atom stereocenters. The first-order valence-electron chi connectivity index (χ1n) is 0.739. The quantitative estimate of drug-likeness (QED) is 0.423. The minimum atomic E-state index is 0.314. The van der Waals surface area contributed by atoms with Crippen LogP contribution in [0.4, 0.5) is 0 Å². The van der Waals surface area contributed by atoms with E-state index in [2.05, 4.69) is 3.02 Å². The molecule has 4 heavy (non-hydrogen) atoms. The number of rotatable bonds is 1. The minimum absolute atomic E-state index is 0.314. The van der Waals surface area contributed by atoms with Gasteiger partial charge in [-0.05, 0) is 0 Å². The summed E-state index contributed by atoms with van der Waals surface area (Å²) in [5, 5.41) is 0. The van der Waals surface area contributed by atoms with Crippen LogP contribution in [0.15, 0.2) is 0 Å². The van der Waals surface area contributed by atoms with Crippen LogP contribution < -0.4 is 0 Å². The maximum atomic E-state index is 4.98. The summed E-state index contributed by atoms with van der Waals surface area (Å²) in [4.78, 5) is 0. The molecule has 0 fully saturated rings. The van der Waals surface area contributed by atoms with Crippen molar-refractivity contribution in [2.45, 2.75) is 0 Å². The summed E-state index contributed by atoms with van der Waals surface area (Å²) in [6.45, 7) is 0. The van der Waals surface area contributed by atoms with Gasteiger partial charge >= 0.3 is 44.1 Å². The molecule has 24 valence electrons. The van der Waals surface area contributed by atoms with E-state index in [1.165, 1.54) is 23.4 Å². The van der Waals surface area contributed by atoms with E-state index < -0.39 is 0 Å². The number of halogens is 1. The van der Waals surface area contributed by atoms with Crippen molar-refractivity contribution in [3.8, 4) is 0 Å².